The lowest BCUT2D eigenvalue weighted by molar-refractivity contribution is -0.260. The van der Waals surface area contributed by atoms with Gasteiger partial charge >= 0.3 is 17.7 Å². The predicted molar refractivity (Wildman–Crippen MR) is 96.3 cm³/mol. The molecule has 0 spiro atoms. The fourth-order valence-corrected chi connectivity index (χ4v) is 3.42. The molecule has 0 saturated carbocycles. The molecule has 1 atom stereocenters. The Balaban J connectivity index is 1.68. The molecule has 2 aliphatic heterocycles. The lowest BCUT2D eigenvalue weighted by Gasteiger charge is -2.33. The van der Waals surface area contributed by atoms with Crippen LogP contribution in [0.15, 0.2) is 60.7 Å². The lowest BCUT2D eigenvalue weighted by Crippen LogP contribution is -2.55. The van der Waals surface area contributed by atoms with Crippen molar-refractivity contribution in [3.8, 4) is 0 Å². The maximum absolute atomic E-state index is 13.2. The molecule has 144 valence electrons. The molecule has 7 heteroatoms. The Morgan fingerprint density at radius 3 is 2.04 bits per heavy atom. The van der Waals surface area contributed by atoms with E-state index in [1.807, 2.05) is 60.7 Å². The average molecular weight is 381 g/mol. The first kappa shape index (κ1) is 18.2. The van der Waals surface area contributed by atoms with Gasteiger partial charge in [-0.15, -0.1) is 0 Å². The second-order valence-corrected chi connectivity index (χ2v) is 6.64. The van der Waals surface area contributed by atoms with E-state index in [0.29, 0.717) is 0 Å². The Morgan fingerprint density at radius 2 is 1.57 bits per heavy atom. The van der Waals surface area contributed by atoms with Crippen molar-refractivity contribution in [2.24, 2.45) is 0 Å². The van der Waals surface area contributed by atoms with E-state index in [1.54, 1.807) is 0 Å². The fourth-order valence-electron chi connectivity index (χ4n) is 3.42. The number of ether oxygens (including phenoxy) is 2. The summed E-state index contributed by atoms with van der Waals surface area (Å²) in [5.41, 5.74) is -0.364. The molecule has 2 aromatic carbocycles. The van der Waals surface area contributed by atoms with Crippen molar-refractivity contribution in [2.75, 3.05) is 6.61 Å². The summed E-state index contributed by atoms with van der Waals surface area (Å²) in [6.45, 7) is 0.131. The molecule has 7 nitrogen and oxygen atoms in total. The minimum Gasteiger partial charge on any atom is -0.448 e. The van der Waals surface area contributed by atoms with Gasteiger partial charge in [0.1, 0.15) is 0 Å². The first-order valence-corrected chi connectivity index (χ1v) is 9.09. The van der Waals surface area contributed by atoms with Gasteiger partial charge in [-0.1, -0.05) is 60.7 Å². The molecule has 0 bridgehead atoms. The van der Waals surface area contributed by atoms with Gasteiger partial charge in [0.25, 0.3) is 5.91 Å². The number of esters is 2. The molecule has 4 rings (SSSR count). The zero-order chi connectivity index (χ0) is 19.6. The second-order valence-electron chi connectivity index (χ2n) is 6.64. The number of hydrogen-bond acceptors (Lipinski definition) is 6. The molecule has 0 aliphatic carbocycles. The normalized spacial score (nSPS) is 21.8. The number of cyclic esters (lactones) is 1. The highest BCUT2D eigenvalue weighted by Gasteiger charge is 2.58. The van der Waals surface area contributed by atoms with Gasteiger partial charge in [-0.05, 0) is 11.1 Å². The van der Waals surface area contributed by atoms with E-state index < -0.39 is 29.7 Å². The van der Waals surface area contributed by atoms with Crippen LogP contribution in [0.25, 0.3) is 0 Å². The quantitative estimate of drug-likeness (QED) is 0.740. The number of carbonyl (C=O) groups excluding carboxylic acids is 3. The zero-order valence-corrected chi connectivity index (χ0v) is 15.1. The summed E-state index contributed by atoms with van der Waals surface area (Å²) in [4.78, 5) is 42.6. The third kappa shape index (κ3) is 3.25. The summed E-state index contributed by atoms with van der Waals surface area (Å²) < 4.78 is 11.1. The number of hydrogen-bond donors (Lipinski definition) is 0. The van der Waals surface area contributed by atoms with Crippen molar-refractivity contribution in [3.63, 3.8) is 0 Å². The minimum absolute atomic E-state index is 0.00355. The monoisotopic (exact) mass is 381 g/mol. The largest absolute Gasteiger partial charge is 0.448 e. The molecule has 2 fully saturated rings. The molecule has 2 aliphatic rings. The Morgan fingerprint density at radius 1 is 0.964 bits per heavy atom. The van der Waals surface area contributed by atoms with Gasteiger partial charge < -0.3 is 9.47 Å². The maximum Gasteiger partial charge on any atom is 0.376 e. The highest BCUT2D eigenvalue weighted by atomic mass is 16.8. The number of nitrogens with zero attached hydrogens (tertiary/aromatic N) is 1. The van der Waals surface area contributed by atoms with Crippen LogP contribution in [0.1, 0.15) is 36.5 Å². The second kappa shape index (κ2) is 7.44. The number of carbonyl (C=O) groups is 3. The predicted octanol–water partition coefficient (Wildman–Crippen LogP) is 2.52. The van der Waals surface area contributed by atoms with Crippen LogP contribution in [0.4, 0.5) is 0 Å². The number of hydroxylamine groups is 2. The molecular weight excluding hydrogens is 362 g/mol. The minimum atomic E-state index is -1.88. The van der Waals surface area contributed by atoms with Crippen LogP contribution in [-0.4, -0.2) is 35.2 Å². The summed E-state index contributed by atoms with van der Waals surface area (Å²) >= 11 is 0. The van der Waals surface area contributed by atoms with Gasteiger partial charge in [0.15, 0.2) is 6.10 Å². The van der Waals surface area contributed by atoms with E-state index in [9.17, 15) is 14.4 Å². The third-order valence-corrected chi connectivity index (χ3v) is 4.79. The molecule has 2 aromatic rings. The van der Waals surface area contributed by atoms with Crippen molar-refractivity contribution in [2.45, 2.75) is 31.1 Å². The highest BCUT2D eigenvalue weighted by Crippen LogP contribution is 2.37. The molecule has 2 saturated heterocycles. The van der Waals surface area contributed by atoms with Crippen molar-refractivity contribution in [3.05, 3.63) is 71.8 Å². The van der Waals surface area contributed by atoms with Crippen molar-refractivity contribution >= 4 is 17.8 Å². The molecule has 1 amide bonds. The standard InChI is InChI=1S/C21H19NO6/c23-17-12-14-26-22(17)21(13-11-18(24)28-21)20(25)27-19(15-7-3-1-4-8-15)16-9-5-2-6-10-16/h1-10,19H,11-14H2. The van der Waals surface area contributed by atoms with Crippen molar-refractivity contribution in [1.29, 1.82) is 0 Å². The molecule has 28 heavy (non-hydrogen) atoms. The van der Waals surface area contributed by atoms with Gasteiger partial charge in [0.05, 0.1) is 19.4 Å². The lowest BCUT2D eigenvalue weighted by atomic mass is 10.0. The topological polar surface area (TPSA) is 82.1 Å². The third-order valence-electron chi connectivity index (χ3n) is 4.79. The summed E-state index contributed by atoms with van der Waals surface area (Å²) in [6.07, 6.45) is -0.604. The Hall–Kier alpha value is -3.19. The van der Waals surface area contributed by atoms with Crippen LogP contribution >= 0.6 is 0 Å². The van der Waals surface area contributed by atoms with Gasteiger partial charge in [-0.25, -0.2) is 4.79 Å². The van der Waals surface area contributed by atoms with Gasteiger partial charge in [-0.3, -0.25) is 14.4 Å². The number of amides is 1. The van der Waals surface area contributed by atoms with E-state index in [0.717, 1.165) is 16.2 Å². The molecule has 0 N–H and O–H groups in total. The average Bonchev–Trinajstić information content (AvgIpc) is 3.33. The Kier molecular flexibility index (Phi) is 4.83. The van der Waals surface area contributed by atoms with Crippen LogP contribution in [0.2, 0.25) is 0 Å². The van der Waals surface area contributed by atoms with E-state index in [2.05, 4.69) is 0 Å². The first-order chi connectivity index (χ1) is 13.6. The summed E-state index contributed by atoms with van der Waals surface area (Å²) in [7, 11) is 0. The van der Waals surface area contributed by atoms with Crippen LogP contribution in [0, 0.1) is 0 Å². The SMILES string of the molecule is O=C1CCC(C(=O)OC(c2ccccc2)c2ccccc2)(N2OCCC2=O)O1. The zero-order valence-electron chi connectivity index (χ0n) is 15.1. The Bertz CT molecular complexity index is 845. The summed E-state index contributed by atoms with van der Waals surface area (Å²) in [5, 5.41) is 0.868. The maximum atomic E-state index is 13.2. The van der Waals surface area contributed by atoms with Crippen LogP contribution in [0.3, 0.4) is 0 Å². The van der Waals surface area contributed by atoms with Crippen molar-refractivity contribution < 1.29 is 28.7 Å². The molecule has 0 aromatic heterocycles. The summed E-state index contributed by atoms with van der Waals surface area (Å²) in [6, 6.07) is 18.5. The summed E-state index contributed by atoms with van der Waals surface area (Å²) in [5.74, 6) is -1.81. The molecule has 0 radical (unpaired) electrons. The van der Waals surface area contributed by atoms with Crippen LogP contribution in [0.5, 0.6) is 0 Å². The van der Waals surface area contributed by atoms with Gasteiger partial charge in [0.2, 0.25) is 0 Å². The smallest absolute Gasteiger partial charge is 0.376 e. The van der Waals surface area contributed by atoms with E-state index in [1.165, 1.54) is 0 Å². The van der Waals surface area contributed by atoms with E-state index in [-0.39, 0.29) is 25.9 Å². The number of benzene rings is 2. The Labute approximate surface area is 161 Å². The van der Waals surface area contributed by atoms with Gasteiger partial charge in [0, 0.05) is 6.42 Å². The van der Waals surface area contributed by atoms with Crippen molar-refractivity contribution in [1.82, 2.24) is 5.06 Å². The highest BCUT2D eigenvalue weighted by molar-refractivity contribution is 5.91. The van der Waals surface area contributed by atoms with E-state index >= 15 is 0 Å². The van der Waals surface area contributed by atoms with Crippen LogP contribution in [-0.2, 0) is 28.7 Å². The first-order valence-electron chi connectivity index (χ1n) is 9.09. The molecular formula is C21H19NO6. The molecule has 1 unspecified atom stereocenters. The molecule has 2 heterocycles. The number of rotatable bonds is 5. The van der Waals surface area contributed by atoms with Gasteiger partial charge in [-0.2, -0.15) is 5.06 Å². The van der Waals surface area contributed by atoms with Crippen LogP contribution < -0.4 is 0 Å². The van der Waals surface area contributed by atoms with E-state index in [4.69, 9.17) is 14.3 Å². The fraction of sp³-hybridized carbons (Fsp3) is 0.286.